The summed E-state index contributed by atoms with van der Waals surface area (Å²) < 4.78 is 5.53. The highest BCUT2D eigenvalue weighted by Gasteiger charge is 2.04. The van der Waals surface area contributed by atoms with Crippen molar-refractivity contribution in [2.24, 2.45) is 0 Å². The molecular weight excluding hydrogens is 268 g/mol. The summed E-state index contributed by atoms with van der Waals surface area (Å²) >= 11 is 0. The fraction of sp³-hybridized carbons (Fsp3) is 0.250. The normalized spacial score (nSPS) is 10.6. The van der Waals surface area contributed by atoms with Crippen LogP contribution in [0.1, 0.15) is 10.4 Å². The standard InChI is InChI=1S/C16H18N2O3/c1-18(2)9-10-21-15-8-7-14(11-17-15)12-3-5-13(6-4-12)16(19)20/h3-8,11H,9-10H2,1-2H3,(H,19,20). The van der Waals surface area contributed by atoms with Gasteiger partial charge in [-0.15, -0.1) is 0 Å². The first kappa shape index (κ1) is 15.0. The molecule has 0 aliphatic heterocycles. The molecule has 0 aliphatic rings. The van der Waals surface area contributed by atoms with Crippen LogP contribution in [0.15, 0.2) is 42.6 Å². The Labute approximate surface area is 123 Å². The number of aromatic nitrogens is 1. The van der Waals surface area contributed by atoms with Crippen LogP contribution >= 0.6 is 0 Å². The first-order valence-corrected chi connectivity index (χ1v) is 6.63. The summed E-state index contributed by atoms with van der Waals surface area (Å²) in [6.45, 7) is 1.42. The van der Waals surface area contributed by atoms with Gasteiger partial charge in [0.2, 0.25) is 5.88 Å². The van der Waals surface area contributed by atoms with Crippen molar-refractivity contribution in [2.45, 2.75) is 0 Å². The minimum absolute atomic E-state index is 0.273. The Balaban J connectivity index is 2.02. The molecule has 0 aliphatic carbocycles. The third-order valence-corrected chi connectivity index (χ3v) is 2.99. The zero-order valence-electron chi connectivity index (χ0n) is 12.1. The second-order valence-electron chi connectivity index (χ2n) is 4.92. The predicted molar refractivity (Wildman–Crippen MR) is 80.7 cm³/mol. The second kappa shape index (κ2) is 6.85. The molecule has 1 aromatic carbocycles. The van der Waals surface area contributed by atoms with Gasteiger partial charge in [0.05, 0.1) is 5.56 Å². The molecule has 110 valence electrons. The van der Waals surface area contributed by atoms with E-state index < -0.39 is 5.97 Å². The Morgan fingerprint density at radius 1 is 1.14 bits per heavy atom. The van der Waals surface area contributed by atoms with Gasteiger partial charge in [-0.1, -0.05) is 12.1 Å². The van der Waals surface area contributed by atoms with Crippen LogP contribution in [0.3, 0.4) is 0 Å². The molecule has 0 spiro atoms. The highest BCUT2D eigenvalue weighted by Crippen LogP contribution is 2.20. The van der Waals surface area contributed by atoms with E-state index in [2.05, 4.69) is 4.98 Å². The molecule has 5 nitrogen and oxygen atoms in total. The quantitative estimate of drug-likeness (QED) is 0.883. The van der Waals surface area contributed by atoms with Crippen molar-refractivity contribution in [3.05, 3.63) is 48.2 Å². The van der Waals surface area contributed by atoms with Gasteiger partial charge in [0.25, 0.3) is 0 Å². The Morgan fingerprint density at radius 2 is 1.81 bits per heavy atom. The fourth-order valence-electron chi connectivity index (χ4n) is 1.77. The number of likely N-dealkylation sites (N-methyl/N-ethyl adjacent to an activating group) is 1. The zero-order valence-corrected chi connectivity index (χ0v) is 12.1. The molecule has 1 N–H and O–H groups in total. The van der Waals surface area contributed by atoms with Crippen LogP contribution in [-0.2, 0) is 0 Å². The summed E-state index contributed by atoms with van der Waals surface area (Å²) in [6.07, 6.45) is 1.72. The van der Waals surface area contributed by atoms with Crippen molar-refractivity contribution < 1.29 is 14.6 Å². The molecule has 0 atom stereocenters. The van der Waals surface area contributed by atoms with Gasteiger partial charge < -0.3 is 14.7 Å². The minimum Gasteiger partial charge on any atom is -0.478 e. The maximum atomic E-state index is 10.8. The lowest BCUT2D eigenvalue weighted by molar-refractivity contribution is 0.0697. The van der Waals surface area contributed by atoms with Crippen molar-refractivity contribution >= 4 is 5.97 Å². The molecule has 1 heterocycles. The van der Waals surface area contributed by atoms with Crippen molar-refractivity contribution in [1.29, 1.82) is 0 Å². The molecule has 0 radical (unpaired) electrons. The largest absolute Gasteiger partial charge is 0.478 e. The van der Waals surface area contributed by atoms with Gasteiger partial charge >= 0.3 is 5.97 Å². The van der Waals surface area contributed by atoms with Gasteiger partial charge in [-0.2, -0.15) is 0 Å². The Bertz CT molecular complexity index is 592. The number of rotatable bonds is 6. The summed E-state index contributed by atoms with van der Waals surface area (Å²) in [7, 11) is 3.97. The zero-order chi connectivity index (χ0) is 15.2. The molecule has 1 aromatic heterocycles. The monoisotopic (exact) mass is 286 g/mol. The molecule has 0 saturated carbocycles. The molecule has 0 unspecified atom stereocenters. The number of hydrogen-bond acceptors (Lipinski definition) is 4. The van der Waals surface area contributed by atoms with E-state index in [-0.39, 0.29) is 5.56 Å². The molecule has 0 saturated heterocycles. The number of pyridine rings is 1. The number of nitrogens with zero attached hydrogens (tertiary/aromatic N) is 2. The van der Waals surface area contributed by atoms with E-state index in [4.69, 9.17) is 9.84 Å². The summed E-state index contributed by atoms with van der Waals surface area (Å²) in [5.41, 5.74) is 2.12. The fourth-order valence-corrected chi connectivity index (χ4v) is 1.77. The predicted octanol–water partition coefficient (Wildman–Crippen LogP) is 2.39. The van der Waals surface area contributed by atoms with Crippen LogP contribution in [0, 0.1) is 0 Å². The lowest BCUT2D eigenvalue weighted by Gasteiger charge is -2.10. The van der Waals surface area contributed by atoms with E-state index in [1.54, 1.807) is 30.5 Å². The second-order valence-corrected chi connectivity index (χ2v) is 4.92. The van der Waals surface area contributed by atoms with Crippen LogP contribution in [0.5, 0.6) is 5.88 Å². The number of hydrogen-bond donors (Lipinski definition) is 1. The van der Waals surface area contributed by atoms with E-state index in [9.17, 15) is 4.79 Å². The lowest BCUT2D eigenvalue weighted by Crippen LogP contribution is -2.19. The molecule has 5 heteroatoms. The summed E-state index contributed by atoms with van der Waals surface area (Å²) in [4.78, 5) is 17.1. The first-order valence-electron chi connectivity index (χ1n) is 6.63. The summed E-state index contributed by atoms with van der Waals surface area (Å²) in [5.74, 6) is -0.341. The molecule has 21 heavy (non-hydrogen) atoms. The van der Waals surface area contributed by atoms with Gasteiger partial charge in [-0.05, 0) is 37.9 Å². The third-order valence-electron chi connectivity index (χ3n) is 2.99. The topological polar surface area (TPSA) is 62.7 Å². The number of aromatic carboxylic acids is 1. The van der Waals surface area contributed by atoms with E-state index in [0.717, 1.165) is 17.7 Å². The van der Waals surface area contributed by atoms with Crippen LogP contribution in [0.25, 0.3) is 11.1 Å². The third kappa shape index (κ3) is 4.29. The highest BCUT2D eigenvalue weighted by atomic mass is 16.5. The number of carbonyl (C=O) groups is 1. The van der Waals surface area contributed by atoms with Gasteiger partial charge in [0.1, 0.15) is 6.61 Å². The SMILES string of the molecule is CN(C)CCOc1ccc(-c2ccc(C(=O)O)cc2)cn1. The van der Waals surface area contributed by atoms with E-state index >= 15 is 0 Å². The van der Waals surface area contributed by atoms with Crippen LogP contribution in [0.4, 0.5) is 0 Å². The van der Waals surface area contributed by atoms with Gasteiger partial charge in [-0.3, -0.25) is 0 Å². The maximum absolute atomic E-state index is 10.8. The number of ether oxygens (including phenoxy) is 1. The van der Waals surface area contributed by atoms with E-state index in [1.807, 2.05) is 31.1 Å². The number of carboxylic acids is 1. The number of benzene rings is 1. The van der Waals surface area contributed by atoms with Gasteiger partial charge in [0, 0.05) is 24.4 Å². The summed E-state index contributed by atoms with van der Waals surface area (Å²) in [5, 5.41) is 8.87. The molecule has 2 rings (SSSR count). The van der Waals surface area contributed by atoms with Crippen molar-refractivity contribution in [3.63, 3.8) is 0 Å². The molecule has 0 amide bonds. The Kier molecular flexibility index (Phi) is 4.90. The van der Waals surface area contributed by atoms with Gasteiger partial charge in [-0.25, -0.2) is 9.78 Å². The van der Waals surface area contributed by atoms with Gasteiger partial charge in [0.15, 0.2) is 0 Å². The van der Waals surface area contributed by atoms with Crippen LogP contribution in [0.2, 0.25) is 0 Å². The average molecular weight is 286 g/mol. The van der Waals surface area contributed by atoms with Crippen LogP contribution < -0.4 is 4.74 Å². The minimum atomic E-state index is -0.927. The first-order chi connectivity index (χ1) is 10.1. The van der Waals surface area contributed by atoms with Crippen molar-refractivity contribution in [2.75, 3.05) is 27.2 Å². The van der Waals surface area contributed by atoms with Crippen LogP contribution in [-0.4, -0.2) is 48.2 Å². The maximum Gasteiger partial charge on any atom is 0.335 e. The lowest BCUT2D eigenvalue weighted by atomic mass is 10.1. The van der Waals surface area contributed by atoms with E-state index in [0.29, 0.717) is 12.5 Å². The smallest absolute Gasteiger partial charge is 0.335 e. The van der Waals surface area contributed by atoms with Crippen molar-refractivity contribution in [1.82, 2.24) is 9.88 Å². The highest BCUT2D eigenvalue weighted by molar-refractivity contribution is 5.88. The Hall–Kier alpha value is -2.40. The molecule has 2 aromatic rings. The van der Waals surface area contributed by atoms with E-state index in [1.165, 1.54) is 0 Å². The average Bonchev–Trinajstić information content (AvgIpc) is 2.48. The Morgan fingerprint density at radius 3 is 2.33 bits per heavy atom. The molecule has 0 fully saturated rings. The van der Waals surface area contributed by atoms with Crippen molar-refractivity contribution in [3.8, 4) is 17.0 Å². The molecular formula is C16H18N2O3. The summed E-state index contributed by atoms with van der Waals surface area (Å²) in [6, 6.07) is 10.4. The number of carboxylic acid groups (broad SMARTS) is 1. The molecule has 0 bridgehead atoms.